The van der Waals surface area contributed by atoms with Gasteiger partial charge in [-0.3, -0.25) is 4.79 Å². The van der Waals surface area contributed by atoms with Crippen LogP contribution < -0.4 is 0 Å². The molecule has 1 rings (SSSR count). The van der Waals surface area contributed by atoms with Crippen molar-refractivity contribution in [2.24, 2.45) is 5.92 Å². The van der Waals surface area contributed by atoms with Gasteiger partial charge in [0.2, 0.25) is 0 Å². The summed E-state index contributed by atoms with van der Waals surface area (Å²) >= 11 is 0. The van der Waals surface area contributed by atoms with Crippen LogP contribution in [-0.2, 0) is 9.53 Å². The predicted octanol–water partition coefficient (Wildman–Crippen LogP) is 3.54. The van der Waals surface area contributed by atoms with Gasteiger partial charge < -0.3 is 4.74 Å². The highest BCUT2D eigenvalue weighted by atomic mass is 16.5. The standard InChI is InChI=1S/C7H14.C5H10O2/c1-2-3-4-7-5-6-7;1-5(2,3)7-4-6/h7H,2-6H2,1H3;4H,1-3H3. The number of hydrogen-bond donors (Lipinski definition) is 0. The highest BCUT2D eigenvalue weighted by molar-refractivity contribution is 5.37. The van der Waals surface area contributed by atoms with Crippen molar-refractivity contribution in [3.63, 3.8) is 0 Å². The molecule has 2 nitrogen and oxygen atoms in total. The summed E-state index contributed by atoms with van der Waals surface area (Å²) in [6, 6.07) is 0. The maximum absolute atomic E-state index is 9.60. The number of rotatable bonds is 4. The smallest absolute Gasteiger partial charge is 0.293 e. The monoisotopic (exact) mass is 200 g/mol. The fourth-order valence-corrected chi connectivity index (χ4v) is 1.04. The molecule has 0 aliphatic heterocycles. The first-order valence-corrected chi connectivity index (χ1v) is 5.61. The Hall–Kier alpha value is -0.530. The maximum atomic E-state index is 9.60. The Morgan fingerprint density at radius 2 is 1.93 bits per heavy atom. The second-order valence-corrected chi connectivity index (χ2v) is 4.91. The molecule has 1 aliphatic rings. The van der Waals surface area contributed by atoms with E-state index in [1.165, 1.54) is 32.1 Å². The van der Waals surface area contributed by atoms with E-state index >= 15 is 0 Å². The Bertz CT molecular complexity index is 143. The van der Waals surface area contributed by atoms with Gasteiger partial charge in [0.05, 0.1) is 0 Å². The zero-order chi connectivity index (χ0) is 11.0. The van der Waals surface area contributed by atoms with Gasteiger partial charge in [0, 0.05) is 0 Å². The first kappa shape index (κ1) is 13.5. The Labute approximate surface area is 88.0 Å². The quantitative estimate of drug-likeness (QED) is 0.649. The van der Waals surface area contributed by atoms with E-state index in [4.69, 9.17) is 0 Å². The van der Waals surface area contributed by atoms with E-state index in [1.807, 2.05) is 20.8 Å². The normalized spacial score (nSPS) is 15.4. The van der Waals surface area contributed by atoms with Gasteiger partial charge in [0.25, 0.3) is 6.47 Å². The molecule has 0 bridgehead atoms. The van der Waals surface area contributed by atoms with Crippen LogP contribution in [0.3, 0.4) is 0 Å². The summed E-state index contributed by atoms with van der Waals surface area (Å²) < 4.78 is 4.55. The Morgan fingerprint density at radius 1 is 1.36 bits per heavy atom. The van der Waals surface area contributed by atoms with E-state index in [-0.39, 0.29) is 5.60 Å². The summed E-state index contributed by atoms with van der Waals surface area (Å²) in [7, 11) is 0. The van der Waals surface area contributed by atoms with Crippen LogP contribution in [0.5, 0.6) is 0 Å². The van der Waals surface area contributed by atoms with Gasteiger partial charge in [0.15, 0.2) is 0 Å². The van der Waals surface area contributed by atoms with Crippen LogP contribution in [0.4, 0.5) is 0 Å². The third-order valence-corrected chi connectivity index (χ3v) is 2.06. The van der Waals surface area contributed by atoms with Crippen molar-refractivity contribution in [2.45, 2.75) is 65.4 Å². The largest absolute Gasteiger partial charge is 0.462 e. The number of carbonyl (C=O) groups excluding carboxylic acids is 1. The Balaban J connectivity index is 0.000000241. The van der Waals surface area contributed by atoms with Gasteiger partial charge in [0.1, 0.15) is 5.60 Å². The van der Waals surface area contributed by atoms with Gasteiger partial charge >= 0.3 is 0 Å². The first-order chi connectivity index (χ1) is 6.49. The summed E-state index contributed by atoms with van der Waals surface area (Å²) in [5.41, 5.74) is -0.318. The van der Waals surface area contributed by atoms with Gasteiger partial charge in [-0.15, -0.1) is 0 Å². The number of carbonyl (C=O) groups is 1. The second kappa shape index (κ2) is 6.86. The van der Waals surface area contributed by atoms with Crippen molar-refractivity contribution in [1.29, 1.82) is 0 Å². The van der Waals surface area contributed by atoms with Crippen LogP contribution in [0.15, 0.2) is 0 Å². The van der Waals surface area contributed by atoms with E-state index < -0.39 is 0 Å². The zero-order valence-corrected chi connectivity index (χ0v) is 10.0. The molecule has 0 heterocycles. The van der Waals surface area contributed by atoms with Crippen molar-refractivity contribution in [2.75, 3.05) is 0 Å². The van der Waals surface area contributed by atoms with Crippen LogP contribution >= 0.6 is 0 Å². The van der Waals surface area contributed by atoms with E-state index in [1.54, 1.807) is 0 Å². The molecule has 1 saturated carbocycles. The molecule has 0 aromatic rings. The predicted molar refractivity (Wildman–Crippen MR) is 59.2 cm³/mol. The average Bonchev–Trinajstić information content (AvgIpc) is 2.82. The van der Waals surface area contributed by atoms with Crippen molar-refractivity contribution in [3.05, 3.63) is 0 Å². The molecule has 2 heteroatoms. The van der Waals surface area contributed by atoms with Crippen LogP contribution in [-0.4, -0.2) is 12.1 Å². The van der Waals surface area contributed by atoms with Gasteiger partial charge in [-0.05, 0) is 26.7 Å². The van der Waals surface area contributed by atoms with E-state index in [2.05, 4.69) is 11.7 Å². The van der Waals surface area contributed by atoms with E-state index in [0.717, 1.165) is 5.92 Å². The van der Waals surface area contributed by atoms with Crippen LogP contribution in [0, 0.1) is 5.92 Å². The lowest BCUT2D eigenvalue weighted by Gasteiger charge is -2.14. The molecular formula is C12H24O2. The van der Waals surface area contributed by atoms with Gasteiger partial charge in [-0.25, -0.2) is 0 Å². The molecule has 1 aliphatic carbocycles. The highest BCUT2D eigenvalue weighted by Gasteiger charge is 2.19. The summed E-state index contributed by atoms with van der Waals surface area (Å²) in [6.07, 6.45) is 7.41. The lowest BCUT2D eigenvalue weighted by atomic mass is 10.2. The van der Waals surface area contributed by atoms with Crippen molar-refractivity contribution >= 4 is 6.47 Å². The van der Waals surface area contributed by atoms with Crippen LogP contribution in [0.25, 0.3) is 0 Å². The molecular weight excluding hydrogens is 176 g/mol. The Morgan fingerprint density at radius 3 is 2.14 bits per heavy atom. The molecule has 0 radical (unpaired) electrons. The fraction of sp³-hybridized carbons (Fsp3) is 0.917. The summed E-state index contributed by atoms with van der Waals surface area (Å²) in [5, 5.41) is 0. The average molecular weight is 200 g/mol. The van der Waals surface area contributed by atoms with Crippen LogP contribution in [0.2, 0.25) is 0 Å². The molecule has 0 spiro atoms. The van der Waals surface area contributed by atoms with Crippen molar-refractivity contribution < 1.29 is 9.53 Å². The minimum absolute atomic E-state index is 0.318. The van der Waals surface area contributed by atoms with Gasteiger partial charge in [-0.1, -0.05) is 39.0 Å². The van der Waals surface area contributed by atoms with E-state index in [0.29, 0.717) is 6.47 Å². The molecule has 14 heavy (non-hydrogen) atoms. The van der Waals surface area contributed by atoms with E-state index in [9.17, 15) is 4.79 Å². The molecule has 0 N–H and O–H groups in total. The molecule has 1 fully saturated rings. The zero-order valence-electron chi connectivity index (χ0n) is 10.0. The van der Waals surface area contributed by atoms with Crippen LogP contribution in [0.1, 0.15) is 59.8 Å². The maximum Gasteiger partial charge on any atom is 0.293 e. The lowest BCUT2D eigenvalue weighted by molar-refractivity contribution is -0.138. The molecule has 0 amide bonds. The second-order valence-electron chi connectivity index (χ2n) is 4.91. The highest BCUT2D eigenvalue weighted by Crippen LogP contribution is 2.33. The first-order valence-electron chi connectivity index (χ1n) is 5.61. The third kappa shape index (κ3) is 11.5. The Kier molecular flexibility index (Phi) is 6.60. The third-order valence-electron chi connectivity index (χ3n) is 2.06. The SMILES string of the molecule is CC(C)(C)OC=O.CCCCC1CC1. The van der Waals surface area contributed by atoms with Crippen molar-refractivity contribution in [1.82, 2.24) is 0 Å². The number of ether oxygens (including phenoxy) is 1. The fourth-order valence-electron chi connectivity index (χ4n) is 1.04. The summed E-state index contributed by atoms with van der Waals surface area (Å²) in [5.74, 6) is 1.15. The topological polar surface area (TPSA) is 26.3 Å². The lowest BCUT2D eigenvalue weighted by Crippen LogP contribution is -2.17. The number of unbranched alkanes of at least 4 members (excludes halogenated alkanes) is 1. The molecule has 0 unspecified atom stereocenters. The molecule has 0 saturated heterocycles. The molecule has 84 valence electrons. The summed E-state index contributed by atoms with van der Waals surface area (Å²) in [4.78, 5) is 9.60. The van der Waals surface area contributed by atoms with Gasteiger partial charge in [-0.2, -0.15) is 0 Å². The number of hydrogen-bond acceptors (Lipinski definition) is 2. The van der Waals surface area contributed by atoms with Crippen molar-refractivity contribution in [3.8, 4) is 0 Å². The molecule has 0 aromatic heterocycles. The summed E-state index contributed by atoms with van der Waals surface area (Å²) in [6.45, 7) is 8.19. The minimum Gasteiger partial charge on any atom is -0.462 e. The molecule has 0 aromatic carbocycles. The molecule has 0 atom stereocenters. The minimum atomic E-state index is -0.318.